The van der Waals surface area contributed by atoms with Gasteiger partial charge in [-0.1, -0.05) is 18.2 Å². The van der Waals surface area contributed by atoms with Gasteiger partial charge in [-0.3, -0.25) is 0 Å². The summed E-state index contributed by atoms with van der Waals surface area (Å²) in [6.07, 6.45) is 0. The van der Waals surface area contributed by atoms with Gasteiger partial charge < -0.3 is 10.1 Å². The van der Waals surface area contributed by atoms with Crippen LogP contribution in [0.3, 0.4) is 0 Å². The van der Waals surface area contributed by atoms with Gasteiger partial charge in [-0.25, -0.2) is 0 Å². The molecule has 0 aromatic heterocycles. The molecule has 16 heavy (non-hydrogen) atoms. The third-order valence-corrected chi connectivity index (χ3v) is 4.30. The van der Waals surface area contributed by atoms with E-state index >= 15 is 0 Å². The molecule has 1 aromatic rings. The molecule has 0 spiro atoms. The Hall–Kier alpha value is -0.510. The van der Waals surface area contributed by atoms with Crippen molar-refractivity contribution in [3.05, 3.63) is 29.8 Å². The van der Waals surface area contributed by atoms with Crippen LogP contribution in [0.2, 0.25) is 0 Å². The highest BCUT2D eigenvalue weighted by Crippen LogP contribution is 2.40. The number of hydrogen-bond donors (Lipinski definition) is 1. The summed E-state index contributed by atoms with van der Waals surface area (Å²) in [4.78, 5) is 1.43. The van der Waals surface area contributed by atoms with Crippen LogP contribution in [0, 0.1) is 0 Å². The monoisotopic (exact) mass is 237 g/mol. The Kier molecular flexibility index (Phi) is 4.27. The van der Waals surface area contributed by atoms with Gasteiger partial charge in [0.15, 0.2) is 0 Å². The molecule has 0 aliphatic carbocycles. The van der Waals surface area contributed by atoms with E-state index in [0.29, 0.717) is 12.0 Å². The molecule has 1 aliphatic heterocycles. The van der Waals surface area contributed by atoms with Crippen LogP contribution in [-0.4, -0.2) is 32.1 Å². The van der Waals surface area contributed by atoms with Gasteiger partial charge in [0, 0.05) is 29.2 Å². The molecule has 1 heterocycles. The summed E-state index contributed by atoms with van der Waals surface area (Å²) in [5, 5.41) is 3.38. The first-order chi connectivity index (χ1) is 7.86. The van der Waals surface area contributed by atoms with E-state index in [4.69, 9.17) is 4.74 Å². The Morgan fingerprint density at radius 1 is 1.50 bits per heavy atom. The van der Waals surface area contributed by atoms with Crippen molar-refractivity contribution in [1.82, 2.24) is 5.32 Å². The average Bonchev–Trinajstić information content (AvgIpc) is 2.75. The van der Waals surface area contributed by atoms with Gasteiger partial charge >= 0.3 is 0 Å². The number of hydrogen-bond acceptors (Lipinski definition) is 3. The smallest absolute Gasteiger partial charge is 0.0625 e. The number of rotatable bonds is 5. The lowest BCUT2D eigenvalue weighted by Crippen LogP contribution is -2.36. The molecule has 2 atom stereocenters. The molecule has 0 fully saturated rings. The molecule has 0 saturated heterocycles. The quantitative estimate of drug-likeness (QED) is 0.850. The molecule has 1 aliphatic rings. The second-order valence-electron chi connectivity index (χ2n) is 4.01. The molecule has 0 amide bonds. The predicted octanol–water partition coefficient (Wildman–Crippen LogP) is 2.50. The normalized spacial score (nSPS) is 20.8. The molecule has 1 N–H and O–H groups in total. The number of likely N-dealkylation sites (N-methyl/N-ethyl adjacent to an activating group) is 1. The molecular formula is C13H19NOS. The number of fused-ring (bicyclic) bond motifs is 1. The molecule has 2 nitrogen and oxygen atoms in total. The maximum absolute atomic E-state index is 5.54. The zero-order chi connectivity index (χ0) is 11.4. The van der Waals surface area contributed by atoms with Gasteiger partial charge in [-0.2, -0.15) is 0 Å². The Balaban J connectivity index is 2.10. The summed E-state index contributed by atoms with van der Waals surface area (Å²) in [5.41, 5.74) is 1.48. The van der Waals surface area contributed by atoms with Crippen LogP contribution in [0.15, 0.2) is 29.2 Å². The number of thioether (sulfide) groups is 1. The minimum atomic E-state index is 0.427. The minimum absolute atomic E-state index is 0.427. The van der Waals surface area contributed by atoms with Gasteiger partial charge in [-0.05, 0) is 25.6 Å². The molecule has 88 valence electrons. The predicted molar refractivity (Wildman–Crippen MR) is 69.2 cm³/mol. The summed E-state index contributed by atoms with van der Waals surface area (Å²) < 4.78 is 5.54. The van der Waals surface area contributed by atoms with Gasteiger partial charge in [0.05, 0.1) is 6.61 Å². The van der Waals surface area contributed by atoms with Crippen LogP contribution in [0.4, 0.5) is 0 Å². The van der Waals surface area contributed by atoms with Crippen molar-refractivity contribution >= 4 is 11.8 Å². The standard InChI is InChI=1S/C13H19NOS/c1-3-15-8-12(14-2)11-9-16-13-7-5-4-6-10(11)13/h4-7,11-12,14H,3,8-9H2,1-2H3. The topological polar surface area (TPSA) is 21.3 Å². The maximum atomic E-state index is 5.54. The Morgan fingerprint density at radius 3 is 3.06 bits per heavy atom. The summed E-state index contributed by atoms with van der Waals surface area (Å²) in [7, 11) is 2.02. The lowest BCUT2D eigenvalue weighted by molar-refractivity contribution is 0.119. The third kappa shape index (κ3) is 2.42. The first-order valence-electron chi connectivity index (χ1n) is 5.83. The second-order valence-corrected chi connectivity index (χ2v) is 5.07. The summed E-state index contributed by atoms with van der Waals surface area (Å²) >= 11 is 1.96. The van der Waals surface area contributed by atoms with Crippen molar-refractivity contribution in [1.29, 1.82) is 0 Å². The highest BCUT2D eigenvalue weighted by atomic mass is 32.2. The van der Waals surface area contributed by atoms with E-state index in [0.717, 1.165) is 19.0 Å². The fourth-order valence-electron chi connectivity index (χ4n) is 2.17. The molecule has 2 unspecified atom stereocenters. The van der Waals surface area contributed by atoms with Gasteiger partial charge in [0.2, 0.25) is 0 Å². The van der Waals surface area contributed by atoms with E-state index in [-0.39, 0.29) is 0 Å². The summed E-state index contributed by atoms with van der Waals surface area (Å²) in [5.74, 6) is 1.75. The van der Waals surface area contributed by atoms with Crippen molar-refractivity contribution < 1.29 is 4.74 Å². The second kappa shape index (κ2) is 5.71. The van der Waals surface area contributed by atoms with E-state index in [2.05, 4.69) is 29.6 Å². The minimum Gasteiger partial charge on any atom is -0.380 e. The Bertz CT molecular complexity index is 342. The lowest BCUT2D eigenvalue weighted by atomic mass is 9.94. The number of nitrogens with one attached hydrogen (secondary N) is 1. The summed E-state index contributed by atoms with van der Waals surface area (Å²) in [6.45, 7) is 3.64. The highest BCUT2D eigenvalue weighted by molar-refractivity contribution is 7.99. The maximum Gasteiger partial charge on any atom is 0.0625 e. The third-order valence-electron chi connectivity index (χ3n) is 3.09. The number of benzene rings is 1. The van der Waals surface area contributed by atoms with Crippen molar-refractivity contribution in [2.45, 2.75) is 23.8 Å². The molecule has 0 radical (unpaired) electrons. The molecular weight excluding hydrogens is 218 g/mol. The van der Waals surface area contributed by atoms with Crippen molar-refractivity contribution in [2.75, 3.05) is 26.0 Å². The average molecular weight is 237 g/mol. The largest absolute Gasteiger partial charge is 0.380 e. The molecule has 3 heteroatoms. The molecule has 0 saturated carbocycles. The van der Waals surface area contributed by atoms with Gasteiger partial charge in [0.25, 0.3) is 0 Å². The van der Waals surface area contributed by atoms with Gasteiger partial charge in [0.1, 0.15) is 0 Å². The fraction of sp³-hybridized carbons (Fsp3) is 0.538. The SMILES string of the molecule is CCOCC(NC)C1CSc2ccccc21. The fourth-order valence-corrected chi connectivity index (χ4v) is 3.50. The van der Waals surface area contributed by atoms with E-state index in [1.165, 1.54) is 10.5 Å². The van der Waals surface area contributed by atoms with E-state index in [1.54, 1.807) is 0 Å². The van der Waals surface area contributed by atoms with Crippen molar-refractivity contribution in [3.8, 4) is 0 Å². The summed E-state index contributed by atoms with van der Waals surface area (Å²) in [6, 6.07) is 9.14. The van der Waals surface area contributed by atoms with Crippen molar-refractivity contribution in [3.63, 3.8) is 0 Å². The molecule has 2 rings (SSSR count). The first-order valence-corrected chi connectivity index (χ1v) is 6.82. The Morgan fingerprint density at radius 2 is 2.31 bits per heavy atom. The first kappa shape index (κ1) is 12.0. The van der Waals surface area contributed by atoms with Crippen molar-refractivity contribution in [2.24, 2.45) is 0 Å². The van der Waals surface area contributed by atoms with Crippen LogP contribution >= 0.6 is 11.8 Å². The van der Waals surface area contributed by atoms with Crippen LogP contribution in [0.5, 0.6) is 0 Å². The van der Waals surface area contributed by atoms with Crippen LogP contribution in [0.1, 0.15) is 18.4 Å². The zero-order valence-corrected chi connectivity index (χ0v) is 10.7. The lowest BCUT2D eigenvalue weighted by Gasteiger charge is -2.23. The van der Waals surface area contributed by atoms with E-state index < -0.39 is 0 Å². The molecule has 1 aromatic carbocycles. The van der Waals surface area contributed by atoms with Gasteiger partial charge in [-0.15, -0.1) is 11.8 Å². The van der Waals surface area contributed by atoms with E-state index in [1.807, 2.05) is 25.7 Å². The molecule has 0 bridgehead atoms. The van der Waals surface area contributed by atoms with Crippen LogP contribution in [-0.2, 0) is 4.74 Å². The zero-order valence-electron chi connectivity index (χ0n) is 9.90. The highest BCUT2D eigenvalue weighted by Gasteiger charge is 2.29. The Labute approximate surface area is 102 Å². The number of ether oxygens (including phenoxy) is 1. The van der Waals surface area contributed by atoms with Crippen LogP contribution in [0.25, 0.3) is 0 Å². The van der Waals surface area contributed by atoms with E-state index in [9.17, 15) is 0 Å². The van der Waals surface area contributed by atoms with Crippen LogP contribution < -0.4 is 5.32 Å².